The highest BCUT2D eigenvalue weighted by atomic mass is 19.4. The zero-order chi connectivity index (χ0) is 22.1. The van der Waals surface area contributed by atoms with Gasteiger partial charge < -0.3 is 9.31 Å². The maximum atomic E-state index is 13.1. The quantitative estimate of drug-likeness (QED) is 0.786. The molecule has 1 aromatic heterocycles. The Kier molecular flexibility index (Phi) is 2.58. The molecule has 0 aliphatic carbocycles. The van der Waals surface area contributed by atoms with Crippen molar-refractivity contribution in [1.82, 2.24) is 15.0 Å². The lowest BCUT2D eigenvalue weighted by Gasteiger charge is -2.32. The van der Waals surface area contributed by atoms with Crippen molar-refractivity contribution >= 4 is 12.7 Å². The van der Waals surface area contributed by atoms with E-state index in [9.17, 15) is 13.2 Å². The van der Waals surface area contributed by atoms with Gasteiger partial charge >= 0.3 is 13.3 Å². The van der Waals surface area contributed by atoms with Gasteiger partial charge in [0.1, 0.15) is 5.59 Å². The van der Waals surface area contributed by atoms with Gasteiger partial charge in [-0.1, -0.05) is 5.21 Å². The van der Waals surface area contributed by atoms with Gasteiger partial charge in [-0.3, -0.25) is 0 Å². The summed E-state index contributed by atoms with van der Waals surface area (Å²) in [6.45, 7) is 7.11. The van der Waals surface area contributed by atoms with E-state index in [1.807, 2.05) is 0 Å². The molecule has 0 spiro atoms. The molecule has 1 fully saturated rings. The van der Waals surface area contributed by atoms with Gasteiger partial charge in [-0.05, 0) is 51.9 Å². The molecular weight excluding hydrogens is 322 g/mol. The Balaban J connectivity index is 2.14. The summed E-state index contributed by atoms with van der Waals surface area (Å²) in [5, 5.41) is 7.44. The molecule has 9 heteroatoms. The second-order valence-electron chi connectivity index (χ2n) is 6.31. The minimum Gasteiger partial charge on any atom is -0.398 e. The molecule has 0 bridgehead atoms. The Labute approximate surface area is 144 Å². The number of aromatic nitrogens is 3. The predicted octanol–water partition coefficient (Wildman–Crippen LogP) is 2.59. The van der Waals surface area contributed by atoms with Crippen LogP contribution in [0.15, 0.2) is 30.3 Å². The average molecular weight is 344 g/mol. The number of nitrogens with zero attached hydrogens (tertiary/aromatic N) is 3. The van der Waals surface area contributed by atoms with Gasteiger partial charge in [0, 0.05) is 0 Å². The number of rotatable bonds is 2. The number of hydrogen-bond acceptors (Lipinski definition) is 4. The van der Waals surface area contributed by atoms with Crippen molar-refractivity contribution in [3.05, 3.63) is 35.9 Å². The molecule has 2 heterocycles. The minimum atomic E-state index is -5.07. The maximum absolute atomic E-state index is 13.1. The average Bonchev–Trinajstić information content (AvgIpc) is 3.02. The number of hydrogen-bond donors (Lipinski definition) is 0. The normalized spacial score (nSPS) is 22.6. The van der Waals surface area contributed by atoms with Crippen LogP contribution in [0.4, 0.5) is 13.2 Å². The summed E-state index contributed by atoms with van der Waals surface area (Å²) in [7, 11) is -1.09. The highest BCUT2D eigenvalue weighted by Crippen LogP contribution is 2.36. The zero-order valence-corrected chi connectivity index (χ0v) is 13.4. The third-order valence-corrected chi connectivity index (χ3v) is 4.05. The van der Waals surface area contributed by atoms with Crippen molar-refractivity contribution in [1.29, 1.82) is 0 Å². The summed E-state index contributed by atoms with van der Waals surface area (Å²) in [4.78, 5) is 0. The first kappa shape index (κ1) is 11.6. The van der Waals surface area contributed by atoms with E-state index < -0.39 is 66.1 Å². The highest BCUT2D eigenvalue weighted by Gasteiger charge is 2.52. The molecule has 3 rings (SSSR count). The fraction of sp³-hybridized carbons (Fsp3) is 0.467. The summed E-state index contributed by atoms with van der Waals surface area (Å²) >= 11 is 0. The van der Waals surface area contributed by atoms with E-state index in [-0.39, 0.29) is 5.59 Å². The highest BCUT2D eigenvalue weighted by molar-refractivity contribution is 6.61. The molecule has 0 atom stereocenters. The van der Waals surface area contributed by atoms with Crippen molar-refractivity contribution in [2.75, 3.05) is 0 Å². The van der Waals surface area contributed by atoms with Crippen LogP contribution >= 0.6 is 0 Å². The van der Waals surface area contributed by atoms with E-state index in [2.05, 4.69) is 10.3 Å². The van der Waals surface area contributed by atoms with Gasteiger partial charge in [0.15, 0.2) is 0 Å². The second-order valence-corrected chi connectivity index (χ2v) is 6.31. The molecule has 0 saturated carbocycles. The summed E-state index contributed by atoms with van der Waals surface area (Å²) < 4.78 is 90.9. The molecule has 1 aliphatic rings. The molecule has 5 nitrogen and oxygen atoms in total. The second kappa shape index (κ2) is 5.32. The first-order valence-electron chi connectivity index (χ1n) is 9.56. The topological polar surface area (TPSA) is 49.2 Å². The van der Waals surface area contributed by atoms with Crippen LogP contribution < -0.4 is 5.59 Å². The molecule has 24 heavy (non-hydrogen) atoms. The predicted molar refractivity (Wildman–Crippen MR) is 82.1 cm³/mol. The lowest BCUT2D eigenvalue weighted by molar-refractivity contribution is -0.137. The first-order valence-corrected chi connectivity index (χ1v) is 7.06. The van der Waals surface area contributed by atoms with E-state index in [0.717, 1.165) is 0 Å². The van der Waals surface area contributed by atoms with Crippen LogP contribution in [-0.2, 0) is 15.5 Å². The minimum absolute atomic E-state index is 0.0968. The van der Waals surface area contributed by atoms with Crippen LogP contribution in [0.2, 0.25) is 0 Å². The SMILES string of the molecule is [2H]c1c([2H])c(C(F)(F)F)c([2H])c([2H])c1-n1nnc(B2OC(C)(C)C(C)(C)O2)c1[2H]. The Morgan fingerprint density at radius 3 is 2.12 bits per heavy atom. The molecule has 1 aromatic carbocycles. The van der Waals surface area contributed by atoms with Gasteiger partial charge in [0.25, 0.3) is 0 Å². The van der Waals surface area contributed by atoms with E-state index in [4.69, 9.17) is 16.2 Å². The Morgan fingerprint density at radius 1 is 1.08 bits per heavy atom. The monoisotopic (exact) mass is 344 g/mol. The van der Waals surface area contributed by atoms with Gasteiger partial charge in [-0.2, -0.15) is 13.2 Å². The summed E-state index contributed by atoms with van der Waals surface area (Å²) in [5.41, 5.74) is -3.89. The van der Waals surface area contributed by atoms with E-state index >= 15 is 0 Å². The fourth-order valence-electron chi connectivity index (χ4n) is 1.95. The van der Waals surface area contributed by atoms with Crippen molar-refractivity contribution < 1.29 is 29.3 Å². The van der Waals surface area contributed by atoms with Gasteiger partial charge in [0.05, 0.1) is 35.5 Å². The summed E-state index contributed by atoms with van der Waals surface area (Å²) in [6, 6.07) is -4.53. The molecule has 128 valence electrons. The van der Waals surface area contributed by atoms with Crippen molar-refractivity contribution in [2.24, 2.45) is 0 Å². The van der Waals surface area contributed by atoms with E-state index in [0.29, 0.717) is 4.68 Å². The standard InChI is InChI=1S/C15H17BF3N3O2/c1-13(2)14(3,4)24-16(23-13)12-9-22(21-20-12)11-7-5-10(6-8-11)15(17,18)19/h5-9H,1-4H3/i5D,6D,7D,8D,9D. The third kappa shape index (κ3) is 2.93. The summed E-state index contributed by atoms with van der Waals surface area (Å²) in [6.07, 6.45) is -5.55. The van der Waals surface area contributed by atoms with Crippen LogP contribution in [0.1, 0.15) is 40.1 Å². The zero-order valence-electron chi connectivity index (χ0n) is 18.4. The Hall–Kier alpha value is -1.87. The molecular formula is C15H17BF3N3O2. The van der Waals surface area contributed by atoms with E-state index in [1.54, 1.807) is 27.7 Å². The van der Waals surface area contributed by atoms with Crippen LogP contribution in [0.5, 0.6) is 0 Å². The lowest BCUT2D eigenvalue weighted by Crippen LogP contribution is -2.41. The molecule has 0 radical (unpaired) electrons. The van der Waals surface area contributed by atoms with Crippen LogP contribution in [0.25, 0.3) is 5.69 Å². The molecule has 0 N–H and O–H groups in total. The number of benzene rings is 1. The molecule has 1 aliphatic heterocycles. The first-order chi connectivity index (χ1) is 13.1. The lowest BCUT2D eigenvalue weighted by atomic mass is 9.86. The van der Waals surface area contributed by atoms with Crippen LogP contribution in [0.3, 0.4) is 0 Å². The van der Waals surface area contributed by atoms with Crippen molar-refractivity contribution in [3.8, 4) is 5.69 Å². The summed E-state index contributed by atoms with van der Waals surface area (Å²) in [5.74, 6) is 0. The van der Waals surface area contributed by atoms with Gasteiger partial charge in [-0.25, -0.2) is 4.68 Å². The van der Waals surface area contributed by atoms with Gasteiger partial charge in [-0.15, -0.1) is 5.10 Å². The fourth-order valence-corrected chi connectivity index (χ4v) is 1.95. The Bertz CT molecular complexity index is 952. The number of alkyl halides is 3. The molecule has 1 saturated heterocycles. The Morgan fingerprint density at radius 2 is 1.62 bits per heavy atom. The van der Waals surface area contributed by atoms with E-state index in [1.165, 1.54) is 0 Å². The largest absolute Gasteiger partial charge is 0.518 e. The van der Waals surface area contributed by atoms with Crippen molar-refractivity contribution in [2.45, 2.75) is 45.1 Å². The van der Waals surface area contributed by atoms with Crippen LogP contribution in [0, 0.1) is 0 Å². The maximum Gasteiger partial charge on any atom is 0.518 e. The van der Waals surface area contributed by atoms with Crippen LogP contribution in [-0.4, -0.2) is 33.3 Å². The van der Waals surface area contributed by atoms with Gasteiger partial charge in [0.2, 0.25) is 0 Å². The van der Waals surface area contributed by atoms with Crippen molar-refractivity contribution in [3.63, 3.8) is 0 Å². The molecule has 2 aromatic rings. The third-order valence-electron chi connectivity index (χ3n) is 4.05. The smallest absolute Gasteiger partial charge is 0.398 e. The molecule has 0 amide bonds. The number of halogens is 3. The molecule has 0 unspecified atom stereocenters.